The molecular formula is C19H21N3O4. The van der Waals surface area contributed by atoms with Crippen molar-refractivity contribution in [3.63, 3.8) is 0 Å². The zero-order valence-electron chi connectivity index (χ0n) is 14.5. The number of likely N-dealkylation sites (tertiary alicyclic amines) is 1. The summed E-state index contributed by atoms with van der Waals surface area (Å²) in [6.45, 7) is 0.529. The van der Waals surface area contributed by atoms with E-state index in [-0.39, 0.29) is 30.7 Å². The van der Waals surface area contributed by atoms with Crippen molar-refractivity contribution in [1.82, 2.24) is 15.2 Å². The number of nitrogens with one attached hydrogen (secondary N) is 1. The number of amides is 2. The maximum absolute atomic E-state index is 12.9. The van der Waals surface area contributed by atoms with E-state index in [9.17, 15) is 14.7 Å². The minimum absolute atomic E-state index is 0.148. The molecule has 1 saturated heterocycles. The molecule has 136 valence electrons. The number of carbonyl (C=O) groups is 2. The Morgan fingerprint density at radius 3 is 2.69 bits per heavy atom. The summed E-state index contributed by atoms with van der Waals surface area (Å²) in [5, 5.41) is 12.7. The molecule has 0 saturated carbocycles. The SMILES string of the molecule is CNC(=O)C[C@@H]1CN(C(=O)c2ccccc2Oc2ccncc2)C[C@H]1O. The molecule has 0 unspecified atom stereocenters. The fourth-order valence-electron chi connectivity index (χ4n) is 3.00. The van der Waals surface area contributed by atoms with Crippen LogP contribution < -0.4 is 10.1 Å². The predicted octanol–water partition coefficient (Wildman–Crippen LogP) is 1.44. The molecule has 0 bridgehead atoms. The molecule has 7 heteroatoms. The third-order valence-electron chi connectivity index (χ3n) is 4.42. The molecule has 2 aromatic rings. The number of nitrogens with zero attached hydrogens (tertiary/aromatic N) is 2. The zero-order valence-corrected chi connectivity index (χ0v) is 14.5. The number of aliphatic hydroxyl groups is 1. The highest BCUT2D eigenvalue weighted by atomic mass is 16.5. The molecule has 3 rings (SSSR count). The first kappa shape index (κ1) is 17.9. The summed E-state index contributed by atoms with van der Waals surface area (Å²) in [7, 11) is 1.55. The van der Waals surface area contributed by atoms with E-state index in [4.69, 9.17) is 4.74 Å². The number of para-hydroxylation sites is 1. The highest BCUT2D eigenvalue weighted by Crippen LogP contribution is 2.28. The van der Waals surface area contributed by atoms with Crippen LogP contribution in [0.1, 0.15) is 16.8 Å². The van der Waals surface area contributed by atoms with Gasteiger partial charge in [0.15, 0.2) is 0 Å². The van der Waals surface area contributed by atoms with E-state index >= 15 is 0 Å². The van der Waals surface area contributed by atoms with Crippen LogP contribution in [0.15, 0.2) is 48.8 Å². The average Bonchev–Trinajstić information content (AvgIpc) is 3.03. The van der Waals surface area contributed by atoms with Crippen molar-refractivity contribution in [2.45, 2.75) is 12.5 Å². The summed E-state index contributed by atoms with van der Waals surface area (Å²) in [5.74, 6) is 0.372. The molecule has 1 aromatic carbocycles. The van der Waals surface area contributed by atoms with Gasteiger partial charge in [-0.15, -0.1) is 0 Å². The second kappa shape index (κ2) is 7.97. The summed E-state index contributed by atoms with van der Waals surface area (Å²) in [4.78, 5) is 30.0. The molecule has 1 fully saturated rings. The number of carbonyl (C=O) groups excluding carboxylic acids is 2. The topological polar surface area (TPSA) is 91.8 Å². The number of benzene rings is 1. The first-order valence-corrected chi connectivity index (χ1v) is 8.43. The smallest absolute Gasteiger partial charge is 0.257 e. The van der Waals surface area contributed by atoms with E-state index in [1.165, 1.54) is 0 Å². The number of aliphatic hydroxyl groups excluding tert-OH is 1. The second-order valence-corrected chi connectivity index (χ2v) is 6.20. The van der Waals surface area contributed by atoms with Gasteiger partial charge < -0.3 is 20.1 Å². The molecule has 2 atom stereocenters. The van der Waals surface area contributed by atoms with Gasteiger partial charge in [0.05, 0.1) is 11.7 Å². The Labute approximate surface area is 151 Å². The number of aromatic nitrogens is 1. The largest absolute Gasteiger partial charge is 0.456 e. The lowest BCUT2D eigenvalue weighted by Crippen LogP contribution is -2.30. The van der Waals surface area contributed by atoms with Crippen LogP contribution in [0.2, 0.25) is 0 Å². The Morgan fingerprint density at radius 2 is 1.96 bits per heavy atom. The number of pyridine rings is 1. The molecular weight excluding hydrogens is 334 g/mol. The van der Waals surface area contributed by atoms with Gasteiger partial charge in [0.25, 0.3) is 5.91 Å². The standard InChI is InChI=1S/C19H21N3O4/c1-20-18(24)10-13-11-22(12-16(13)23)19(25)15-4-2-3-5-17(15)26-14-6-8-21-9-7-14/h2-9,13,16,23H,10-12H2,1H3,(H,20,24)/t13-,16-/m1/s1. The van der Waals surface area contributed by atoms with Gasteiger partial charge in [-0.25, -0.2) is 0 Å². The van der Waals surface area contributed by atoms with Gasteiger partial charge in [-0.2, -0.15) is 0 Å². The van der Waals surface area contributed by atoms with Crippen molar-refractivity contribution in [3.05, 3.63) is 54.4 Å². The second-order valence-electron chi connectivity index (χ2n) is 6.20. The number of β-amino-alcohol motifs (C(OH)–C–C–N with tert-alkyl or cyclic N) is 1. The number of rotatable bonds is 5. The minimum Gasteiger partial charge on any atom is -0.456 e. The minimum atomic E-state index is -0.718. The lowest BCUT2D eigenvalue weighted by atomic mass is 10.0. The van der Waals surface area contributed by atoms with Gasteiger partial charge in [0, 0.05) is 44.9 Å². The van der Waals surface area contributed by atoms with Crippen LogP contribution in [-0.2, 0) is 4.79 Å². The van der Waals surface area contributed by atoms with Crippen LogP contribution >= 0.6 is 0 Å². The molecule has 1 aliphatic heterocycles. The molecule has 2 N–H and O–H groups in total. The highest BCUT2D eigenvalue weighted by Gasteiger charge is 2.36. The van der Waals surface area contributed by atoms with E-state index in [0.717, 1.165) is 0 Å². The van der Waals surface area contributed by atoms with E-state index < -0.39 is 6.10 Å². The van der Waals surface area contributed by atoms with E-state index in [1.54, 1.807) is 60.7 Å². The third kappa shape index (κ3) is 4.00. The van der Waals surface area contributed by atoms with Crippen LogP contribution in [0, 0.1) is 5.92 Å². The van der Waals surface area contributed by atoms with Gasteiger partial charge >= 0.3 is 0 Å². The lowest BCUT2D eigenvalue weighted by molar-refractivity contribution is -0.122. The Kier molecular flexibility index (Phi) is 5.48. The van der Waals surface area contributed by atoms with Gasteiger partial charge in [-0.1, -0.05) is 12.1 Å². The molecule has 0 radical (unpaired) electrons. The quantitative estimate of drug-likeness (QED) is 0.847. The fraction of sp³-hybridized carbons (Fsp3) is 0.316. The van der Waals surface area contributed by atoms with Crippen molar-refractivity contribution in [2.24, 2.45) is 5.92 Å². The van der Waals surface area contributed by atoms with E-state index in [1.807, 2.05) is 0 Å². The number of hydrogen-bond acceptors (Lipinski definition) is 5. The van der Waals surface area contributed by atoms with Gasteiger partial charge in [-0.05, 0) is 24.3 Å². The predicted molar refractivity (Wildman–Crippen MR) is 94.8 cm³/mol. The van der Waals surface area contributed by atoms with Crippen LogP contribution in [0.5, 0.6) is 11.5 Å². The molecule has 0 spiro atoms. The third-order valence-corrected chi connectivity index (χ3v) is 4.42. The number of hydrogen-bond donors (Lipinski definition) is 2. The van der Waals surface area contributed by atoms with Gasteiger partial charge in [0.1, 0.15) is 11.5 Å². The van der Waals surface area contributed by atoms with Crippen molar-refractivity contribution in [2.75, 3.05) is 20.1 Å². The van der Waals surface area contributed by atoms with Crippen LogP contribution in [0.3, 0.4) is 0 Å². The summed E-state index contributed by atoms with van der Waals surface area (Å²) in [6.07, 6.45) is 2.70. The Balaban J connectivity index is 1.75. The summed E-state index contributed by atoms with van der Waals surface area (Å²) >= 11 is 0. The molecule has 2 amide bonds. The van der Waals surface area contributed by atoms with Crippen molar-refractivity contribution >= 4 is 11.8 Å². The normalized spacial score (nSPS) is 19.2. The molecule has 26 heavy (non-hydrogen) atoms. The van der Waals surface area contributed by atoms with Gasteiger partial charge in [0.2, 0.25) is 5.91 Å². The van der Waals surface area contributed by atoms with Crippen molar-refractivity contribution < 1.29 is 19.4 Å². The summed E-state index contributed by atoms with van der Waals surface area (Å²) in [6, 6.07) is 10.4. The van der Waals surface area contributed by atoms with Gasteiger partial charge in [-0.3, -0.25) is 14.6 Å². The van der Waals surface area contributed by atoms with E-state index in [2.05, 4.69) is 10.3 Å². The highest BCUT2D eigenvalue weighted by molar-refractivity contribution is 5.97. The van der Waals surface area contributed by atoms with Crippen LogP contribution in [-0.4, -0.2) is 53.0 Å². The molecule has 1 aromatic heterocycles. The average molecular weight is 355 g/mol. The maximum atomic E-state index is 12.9. The Bertz CT molecular complexity index is 781. The summed E-state index contributed by atoms with van der Waals surface area (Å²) in [5.41, 5.74) is 0.414. The van der Waals surface area contributed by atoms with Crippen molar-refractivity contribution in [3.8, 4) is 11.5 Å². The zero-order chi connectivity index (χ0) is 18.5. The monoisotopic (exact) mass is 355 g/mol. The molecule has 0 aliphatic carbocycles. The van der Waals surface area contributed by atoms with Crippen LogP contribution in [0.4, 0.5) is 0 Å². The first-order valence-electron chi connectivity index (χ1n) is 8.43. The van der Waals surface area contributed by atoms with Crippen LogP contribution in [0.25, 0.3) is 0 Å². The molecule has 2 heterocycles. The Morgan fingerprint density at radius 1 is 1.23 bits per heavy atom. The lowest BCUT2D eigenvalue weighted by Gasteiger charge is -2.18. The number of ether oxygens (including phenoxy) is 1. The van der Waals surface area contributed by atoms with Crippen molar-refractivity contribution in [1.29, 1.82) is 0 Å². The first-order chi connectivity index (χ1) is 12.6. The summed E-state index contributed by atoms with van der Waals surface area (Å²) < 4.78 is 5.81. The molecule has 1 aliphatic rings. The fourth-order valence-corrected chi connectivity index (χ4v) is 3.00. The molecule has 7 nitrogen and oxygen atoms in total. The Hall–Kier alpha value is -2.93. The van der Waals surface area contributed by atoms with E-state index in [0.29, 0.717) is 23.6 Å². The maximum Gasteiger partial charge on any atom is 0.257 e.